The molecule has 0 heterocycles. The van der Waals surface area contributed by atoms with Gasteiger partial charge in [0.25, 0.3) is 0 Å². The minimum atomic E-state index is -1.45. The van der Waals surface area contributed by atoms with Crippen molar-refractivity contribution in [2.75, 3.05) is 5.32 Å². The van der Waals surface area contributed by atoms with Crippen LogP contribution in [0.25, 0.3) is 0 Å². The van der Waals surface area contributed by atoms with Gasteiger partial charge >= 0.3 is 0 Å². The fraction of sp³-hybridized carbons (Fsp3) is 0.0625. The second-order valence-corrected chi connectivity index (χ2v) is 8.42. The SMILES string of the molecule is OC(c1ccccc1)(c1ccccc1)C(Nc1ccccc1)(c1ccccc1)c1ccccc1. The topological polar surface area (TPSA) is 32.3 Å². The lowest BCUT2D eigenvalue weighted by Crippen LogP contribution is -2.56. The van der Waals surface area contributed by atoms with Crippen molar-refractivity contribution in [3.63, 3.8) is 0 Å². The first-order chi connectivity index (χ1) is 16.7. The number of aliphatic hydroxyl groups is 1. The Morgan fingerprint density at radius 1 is 0.382 bits per heavy atom. The molecule has 0 radical (unpaired) electrons. The molecule has 0 spiro atoms. The molecule has 5 aromatic carbocycles. The largest absolute Gasteiger partial charge is 0.377 e. The highest BCUT2D eigenvalue weighted by atomic mass is 16.3. The first kappa shape index (κ1) is 21.7. The van der Waals surface area contributed by atoms with E-state index in [-0.39, 0.29) is 0 Å². The van der Waals surface area contributed by atoms with Crippen LogP contribution in [-0.2, 0) is 11.1 Å². The summed E-state index contributed by atoms with van der Waals surface area (Å²) in [7, 11) is 0. The van der Waals surface area contributed by atoms with Crippen molar-refractivity contribution in [3.05, 3.63) is 174 Å². The summed E-state index contributed by atoms with van der Waals surface area (Å²) < 4.78 is 0. The van der Waals surface area contributed by atoms with E-state index in [2.05, 4.69) is 29.6 Å². The minimum Gasteiger partial charge on any atom is -0.377 e. The van der Waals surface area contributed by atoms with Crippen molar-refractivity contribution in [3.8, 4) is 0 Å². The van der Waals surface area contributed by atoms with Gasteiger partial charge < -0.3 is 10.4 Å². The van der Waals surface area contributed by atoms with Crippen molar-refractivity contribution in [2.45, 2.75) is 11.1 Å². The quantitative estimate of drug-likeness (QED) is 0.286. The van der Waals surface area contributed by atoms with Crippen LogP contribution in [-0.4, -0.2) is 5.11 Å². The van der Waals surface area contributed by atoms with Crippen LogP contribution in [0.5, 0.6) is 0 Å². The van der Waals surface area contributed by atoms with Gasteiger partial charge in [-0.1, -0.05) is 140 Å². The molecule has 0 amide bonds. The van der Waals surface area contributed by atoms with E-state index in [1.807, 2.05) is 127 Å². The smallest absolute Gasteiger partial charge is 0.146 e. The first-order valence-electron chi connectivity index (χ1n) is 11.5. The molecule has 0 unspecified atom stereocenters. The van der Waals surface area contributed by atoms with Gasteiger partial charge in [-0.05, 0) is 34.4 Å². The van der Waals surface area contributed by atoms with Gasteiger partial charge in [-0.25, -0.2) is 0 Å². The third-order valence-electron chi connectivity index (χ3n) is 6.45. The molecule has 0 aliphatic rings. The maximum Gasteiger partial charge on any atom is 0.146 e. The summed E-state index contributed by atoms with van der Waals surface area (Å²) in [5.41, 5.74) is 1.95. The lowest BCUT2D eigenvalue weighted by Gasteiger charge is -2.50. The van der Waals surface area contributed by atoms with Gasteiger partial charge in [-0.15, -0.1) is 0 Å². The normalized spacial score (nSPS) is 11.7. The van der Waals surface area contributed by atoms with Crippen LogP contribution in [0.15, 0.2) is 152 Å². The number of nitrogens with one attached hydrogen (secondary N) is 1. The molecule has 166 valence electrons. The molecule has 0 aliphatic heterocycles. The molecule has 0 aliphatic carbocycles. The summed E-state index contributed by atoms with van der Waals surface area (Å²) >= 11 is 0. The average molecular weight is 442 g/mol. The number of hydrogen-bond donors (Lipinski definition) is 2. The van der Waals surface area contributed by atoms with Crippen LogP contribution in [0.2, 0.25) is 0 Å². The number of hydrogen-bond acceptors (Lipinski definition) is 2. The van der Waals surface area contributed by atoms with Gasteiger partial charge in [0.1, 0.15) is 11.1 Å². The van der Waals surface area contributed by atoms with Crippen molar-refractivity contribution >= 4 is 5.69 Å². The van der Waals surface area contributed by atoms with Gasteiger partial charge in [0.15, 0.2) is 0 Å². The summed E-state index contributed by atoms with van der Waals surface area (Å²) in [4.78, 5) is 0. The molecule has 0 saturated carbocycles. The van der Waals surface area contributed by atoms with Gasteiger partial charge in [0.2, 0.25) is 0 Å². The highest BCUT2D eigenvalue weighted by Crippen LogP contribution is 2.51. The maximum atomic E-state index is 13.2. The van der Waals surface area contributed by atoms with Gasteiger partial charge in [-0.2, -0.15) is 0 Å². The fourth-order valence-electron chi connectivity index (χ4n) is 4.89. The Kier molecular flexibility index (Phi) is 5.99. The van der Waals surface area contributed by atoms with Crippen molar-refractivity contribution < 1.29 is 5.11 Å². The zero-order valence-electron chi connectivity index (χ0n) is 18.9. The summed E-state index contributed by atoms with van der Waals surface area (Å²) in [5.74, 6) is 0. The number of anilines is 1. The molecular formula is C32H27NO. The monoisotopic (exact) mass is 441 g/mol. The number of benzene rings is 5. The van der Waals surface area contributed by atoms with E-state index in [1.54, 1.807) is 0 Å². The average Bonchev–Trinajstić information content (AvgIpc) is 2.94. The Labute approximate surface area is 201 Å². The molecule has 0 bridgehead atoms. The highest BCUT2D eigenvalue weighted by molar-refractivity contribution is 5.60. The van der Waals surface area contributed by atoms with Crippen molar-refractivity contribution in [2.24, 2.45) is 0 Å². The van der Waals surface area contributed by atoms with Crippen LogP contribution in [0, 0.1) is 0 Å². The van der Waals surface area contributed by atoms with Crippen molar-refractivity contribution in [1.29, 1.82) is 0 Å². The molecule has 2 heteroatoms. The van der Waals surface area contributed by atoms with E-state index in [0.717, 1.165) is 27.9 Å². The molecule has 5 aromatic rings. The summed E-state index contributed by atoms with van der Waals surface area (Å²) in [6, 6.07) is 50.4. The van der Waals surface area contributed by atoms with E-state index in [0.29, 0.717) is 0 Å². The van der Waals surface area contributed by atoms with E-state index in [9.17, 15) is 5.11 Å². The molecule has 0 atom stereocenters. The summed E-state index contributed by atoms with van der Waals surface area (Å²) in [5, 5.41) is 17.0. The van der Waals surface area contributed by atoms with Crippen LogP contribution in [0.3, 0.4) is 0 Å². The zero-order valence-corrected chi connectivity index (χ0v) is 18.9. The van der Waals surface area contributed by atoms with Crippen LogP contribution in [0.4, 0.5) is 5.69 Å². The third-order valence-corrected chi connectivity index (χ3v) is 6.45. The maximum absolute atomic E-state index is 13.2. The summed E-state index contributed by atoms with van der Waals surface area (Å²) in [6.45, 7) is 0. The van der Waals surface area contributed by atoms with Crippen LogP contribution >= 0.6 is 0 Å². The lowest BCUT2D eigenvalue weighted by molar-refractivity contribution is 0.0227. The predicted molar refractivity (Wildman–Crippen MR) is 140 cm³/mol. The zero-order chi connectivity index (χ0) is 23.3. The van der Waals surface area contributed by atoms with Gasteiger partial charge in [0.05, 0.1) is 0 Å². The lowest BCUT2D eigenvalue weighted by atomic mass is 9.63. The van der Waals surface area contributed by atoms with E-state index >= 15 is 0 Å². The standard InChI is InChI=1S/C32H27NO/c34-32(28-20-10-3-11-21-28,29-22-12-4-13-23-29)31(26-16-6-1-7-17-26,27-18-8-2-9-19-27)33-30-24-14-5-15-25-30/h1-25,33-34H. The summed E-state index contributed by atoms with van der Waals surface area (Å²) in [6.07, 6.45) is 0. The Bertz CT molecular complexity index is 1230. The van der Waals surface area contributed by atoms with Crippen LogP contribution < -0.4 is 5.32 Å². The molecule has 2 N–H and O–H groups in total. The number of para-hydroxylation sites is 1. The Balaban J connectivity index is 1.92. The van der Waals surface area contributed by atoms with E-state index < -0.39 is 11.1 Å². The second kappa shape index (κ2) is 9.38. The predicted octanol–water partition coefficient (Wildman–Crippen LogP) is 6.98. The van der Waals surface area contributed by atoms with Crippen LogP contribution in [0.1, 0.15) is 22.3 Å². The molecule has 0 saturated heterocycles. The molecular weight excluding hydrogens is 414 g/mol. The molecule has 0 aromatic heterocycles. The Morgan fingerprint density at radius 2 is 0.676 bits per heavy atom. The second-order valence-electron chi connectivity index (χ2n) is 8.42. The molecule has 0 fully saturated rings. The van der Waals surface area contributed by atoms with E-state index in [4.69, 9.17) is 0 Å². The first-order valence-corrected chi connectivity index (χ1v) is 11.5. The van der Waals surface area contributed by atoms with Gasteiger partial charge in [-0.3, -0.25) is 0 Å². The fourth-order valence-corrected chi connectivity index (χ4v) is 4.89. The Hall–Kier alpha value is -4.14. The highest BCUT2D eigenvalue weighted by Gasteiger charge is 2.55. The molecule has 5 rings (SSSR count). The number of rotatable bonds is 7. The minimum absolute atomic E-state index is 0.803. The van der Waals surface area contributed by atoms with Gasteiger partial charge in [0, 0.05) is 5.69 Å². The third kappa shape index (κ3) is 3.68. The van der Waals surface area contributed by atoms with Crippen molar-refractivity contribution in [1.82, 2.24) is 0 Å². The molecule has 2 nitrogen and oxygen atoms in total. The van der Waals surface area contributed by atoms with E-state index in [1.165, 1.54) is 0 Å². The molecule has 34 heavy (non-hydrogen) atoms. The Morgan fingerprint density at radius 3 is 1.03 bits per heavy atom.